The maximum Gasteiger partial charge on any atom is 0.336 e. The molecule has 5 heteroatoms. The van der Waals surface area contributed by atoms with Crippen LogP contribution in [0, 0.1) is 12.7 Å². The number of rotatable bonds is 6. The number of ketones is 1. The molecular formula is C21H19FO4. The third kappa shape index (κ3) is 3.67. The maximum absolute atomic E-state index is 12.9. The molecule has 0 amide bonds. The summed E-state index contributed by atoms with van der Waals surface area (Å²) in [5.41, 5.74) is 2.07. The van der Waals surface area contributed by atoms with Crippen LogP contribution in [-0.2, 0) is 6.42 Å². The predicted octanol–water partition coefficient (Wildman–Crippen LogP) is 4.45. The van der Waals surface area contributed by atoms with Crippen molar-refractivity contribution in [2.45, 2.75) is 26.7 Å². The van der Waals surface area contributed by atoms with Crippen LogP contribution in [0.2, 0.25) is 0 Å². The van der Waals surface area contributed by atoms with E-state index in [1.165, 1.54) is 30.3 Å². The standard InChI is InChI=1S/C21H19FO4/c1-3-4-15-11-20(24)26-21-13(2)19(10-9-17(15)21)25-12-18(23)14-5-7-16(22)8-6-14/h5-11H,3-4,12H2,1-2H3. The number of hydrogen-bond acceptors (Lipinski definition) is 4. The van der Waals surface area contributed by atoms with Crippen LogP contribution in [0.5, 0.6) is 5.75 Å². The van der Waals surface area contributed by atoms with Gasteiger partial charge in [0, 0.05) is 22.6 Å². The molecule has 0 radical (unpaired) electrons. The molecular weight excluding hydrogens is 335 g/mol. The Morgan fingerprint density at radius 1 is 1.15 bits per heavy atom. The van der Waals surface area contributed by atoms with E-state index in [9.17, 15) is 14.0 Å². The third-order valence-corrected chi connectivity index (χ3v) is 4.24. The highest BCUT2D eigenvalue weighted by atomic mass is 19.1. The summed E-state index contributed by atoms with van der Waals surface area (Å²) in [6, 6.07) is 10.4. The molecule has 1 heterocycles. The molecule has 134 valence electrons. The van der Waals surface area contributed by atoms with E-state index in [-0.39, 0.29) is 12.4 Å². The van der Waals surface area contributed by atoms with E-state index < -0.39 is 11.4 Å². The van der Waals surface area contributed by atoms with Crippen LogP contribution < -0.4 is 10.4 Å². The van der Waals surface area contributed by atoms with E-state index >= 15 is 0 Å². The molecule has 0 unspecified atom stereocenters. The molecule has 1 aromatic heterocycles. The Morgan fingerprint density at radius 2 is 1.88 bits per heavy atom. The van der Waals surface area contributed by atoms with Gasteiger partial charge < -0.3 is 9.15 Å². The summed E-state index contributed by atoms with van der Waals surface area (Å²) in [5, 5.41) is 0.876. The Kier molecular flexibility index (Phi) is 5.16. The van der Waals surface area contributed by atoms with Gasteiger partial charge in [-0.25, -0.2) is 9.18 Å². The fourth-order valence-corrected chi connectivity index (χ4v) is 2.90. The first-order valence-electron chi connectivity index (χ1n) is 8.47. The minimum Gasteiger partial charge on any atom is -0.485 e. The number of ether oxygens (including phenoxy) is 1. The smallest absolute Gasteiger partial charge is 0.336 e. The number of carbonyl (C=O) groups excluding carboxylic acids is 1. The molecule has 2 aromatic carbocycles. The summed E-state index contributed by atoms with van der Waals surface area (Å²) in [4.78, 5) is 24.0. The van der Waals surface area contributed by atoms with Gasteiger partial charge >= 0.3 is 5.63 Å². The molecule has 4 nitrogen and oxygen atoms in total. The van der Waals surface area contributed by atoms with Crippen LogP contribution in [0.25, 0.3) is 11.0 Å². The molecule has 0 aliphatic carbocycles. The lowest BCUT2D eigenvalue weighted by molar-refractivity contribution is 0.0921. The zero-order valence-electron chi connectivity index (χ0n) is 14.7. The largest absolute Gasteiger partial charge is 0.485 e. The second-order valence-electron chi connectivity index (χ2n) is 6.12. The van der Waals surface area contributed by atoms with E-state index in [0.29, 0.717) is 22.5 Å². The normalized spacial score (nSPS) is 10.9. The summed E-state index contributed by atoms with van der Waals surface area (Å²) < 4.78 is 23.9. The van der Waals surface area contributed by atoms with Gasteiger partial charge in [-0.2, -0.15) is 0 Å². The maximum atomic E-state index is 12.9. The molecule has 0 N–H and O–H groups in total. The number of carbonyl (C=O) groups is 1. The summed E-state index contributed by atoms with van der Waals surface area (Å²) >= 11 is 0. The van der Waals surface area contributed by atoms with Gasteiger partial charge in [0.05, 0.1) is 0 Å². The zero-order chi connectivity index (χ0) is 18.7. The van der Waals surface area contributed by atoms with Gasteiger partial charge in [0.15, 0.2) is 12.4 Å². The lowest BCUT2D eigenvalue weighted by Gasteiger charge is -2.12. The van der Waals surface area contributed by atoms with Gasteiger partial charge in [0.2, 0.25) is 0 Å². The van der Waals surface area contributed by atoms with Crippen LogP contribution in [-0.4, -0.2) is 12.4 Å². The van der Waals surface area contributed by atoms with Gasteiger partial charge in [-0.15, -0.1) is 0 Å². The van der Waals surface area contributed by atoms with Crippen molar-refractivity contribution < 1.29 is 18.3 Å². The summed E-state index contributed by atoms with van der Waals surface area (Å²) in [6.45, 7) is 3.65. The van der Waals surface area contributed by atoms with Gasteiger partial charge in [-0.05, 0) is 55.3 Å². The molecule has 0 atom stereocenters. The average Bonchev–Trinajstić information content (AvgIpc) is 2.62. The molecule has 0 saturated heterocycles. The van der Waals surface area contributed by atoms with Crippen LogP contribution in [0.1, 0.15) is 34.8 Å². The Balaban J connectivity index is 1.86. The summed E-state index contributed by atoms with van der Waals surface area (Å²) in [7, 11) is 0. The van der Waals surface area contributed by atoms with Crippen molar-refractivity contribution in [2.75, 3.05) is 6.61 Å². The predicted molar refractivity (Wildman–Crippen MR) is 97.4 cm³/mol. The lowest BCUT2D eigenvalue weighted by Crippen LogP contribution is -2.12. The Morgan fingerprint density at radius 3 is 2.58 bits per heavy atom. The van der Waals surface area contributed by atoms with E-state index in [0.717, 1.165) is 23.8 Å². The highest BCUT2D eigenvalue weighted by Crippen LogP contribution is 2.29. The monoisotopic (exact) mass is 354 g/mol. The first kappa shape index (κ1) is 17.9. The SMILES string of the molecule is CCCc1cc(=O)oc2c(C)c(OCC(=O)c3ccc(F)cc3)ccc12. The molecule has 0 fully saturated rings. The highest BCUT2D eigenvalue weighted by molar-refractivity contribution is 5.97. The Bertz CT molecular complexity index is 1000. The summed E-state index contributed by atoms with van der Waals surface area (Å²) in [5.74, 6) is -0.179. The number of aryl methyl sites for hydroxylation is 2. The molecule has 0 saturated carbocycles. The van der Waals surface area contributed by atoms with Crippen molar-refractivity contribution in [3.05, 3.63) is 75.4 Å². The topological polar surface area (TPSA) is 56.5 Å². The number of benzene rings is 2. The lowest BCUT2D eigenvalue weighted by atomic mass is 10.0. The van der Waals surface area contributed by atoms with Gasteiger partial charge in [-0.3, -0.25) is 4.79 Å². The fourth-order valence-electron chi connectivity index (χ4n) is 2.90. The minimum atomic E-state index is -0.399. The van der Waals surface area contributed by atoms with Crippen molar-refractivity contribution in [1.82, 2.24) is 0 Å². The Labute approximate surface area is 150 Å². The highest BCUT2D eigenvalue weighted by Gasteiger charge is 2.13. The van der Waals surface area contributed by atoms with E-state index in [4.69, 9.17) is 9.15 Å². The minimum absolute atomic E-state index is 0.184. The van der Waals surface area contributed by atoms with Crippen molar-refractivity contribution in [3.8, 4) is 5.75 Å². The molecule has 0 aliphatic rings. The van der Waals surface area contributed by atoms with Crippen LogP contribution in [0.3, 0.4) is 0 Å². The van der Waals surface area contributed by atoms with Crippen LogP contribution in [0.4, 0.5) is 4.39 Å². The first-order valence-corrected chi connectivity index (χ1v) is 8.47. The quantitative estimate of drug-likeness (QED) is 0.485. The fraction of sp³-hybridized carbons (Fsp3) is 0.238. The molecule has 3 aromatic rings. The molecule has 3 rings (SSSR count). The second kappa shape index (κ2) is 7.52. The van der Waals surface area contributed by atoms with Gasteiger partial charge in [0.25, 0.3) is 0 Å². The zero-order valence-corrected chi connectivity index (χ0v) is 14.7. The van der Waals surface area contributed by atoms with Gasteiger partial charge in [0.1, 0.15) is 17.1 Å². The number of Topliss-reactive ketones (excluding diaryl/α,β-unsaturated/α-hetero) is 1. The number of halogens is 1. The number of hydrogen-bond donors (Lipinski definition) is 0. The molecule has 0 bridgehead atoms. The van der Waals surface area contributed by atoms with Crippen molar-refractivity contribution in [3.63, 3.8) is 0 Å². The molecule has 0 spiro atoms. The summed E-state index contributed by atoms with van der Waals surface area (Å²) in [6.07, 6.45) is 1.70. The van der Waals surface area contributed by atoms with Crippen LogP contribution >= 0.6 is 0 Å². The number of fused-ring (bicyclic) bond motifs is 1. The van der Waals surface area contributed by atoms with Gasteiger partial charge in [-0.1, -0.05) is 13.3 Å². The average molecular weight is 354 g/mol. The molecule has 26 heavy (non-hydrogen) atoms. The van der Waals surface area contributed by atoms with Crippen LogP contribution in [0.15, 0.2) is 51.7 Å². The second-order valence-corrected chi connectivity index (χ2v) is 6.12. The van der Waals surface area contributed by atoms with E-state index in [1.54, 1.807) is 13.0 Å². The third-order valence-electron chi connectivity index (χ3n) is 4.24. The van der Waals surface area contributed by atoms with Crippen molar-refractivity contribution >= 4 is 16.8 Å². The van der Waals surface area contributed by atoms with Crippen molar-refractivity contribution in [1.29, 1.82) is 0 Å². The first-order chi connectivity index (χ1) is 12.5. The van der Waals surface area contributed by atoms with E-state index in [2.05, 4.69) is 0 Å². The van der Waals surface area contributed by atoms with Crippen molar-refractivity contribution in [2.24, 2.45) is 0 Å². The molecule has 0 aliphatic heterocycles. The van der Waals surface area contributed by atoms with E-state index in [1.807, 2.05) is 13.0 Å². The Hall–Kier alpha value is -2.95.